The first-order chi connectivity index (χ1) is 10.5. The minimum atomic E-state index is 0. The van der Waals surface area contributed by atoms with Crippen molar-refractivity contribution in [3.8, 4) is 0 Å². The zero-order chi connectivity index (χ0) is 16.0. The Hall–Kier alpha value is -0.190. The van der Waals surface area contributed by atoms with Crippen molar-refractivity contribution in [3.05, 3.63) is 42.5 Å². The van der Waals surface area contributed by atoms with E-state index in [0.29, 0.717) is 6.04 Å². The Morgan fingerprint density at radius 1 is 1.21 bits per heavy atom. The van der Waals surface area contributed by atoms with E-state index in [9.17, 15) is 0 Å². The molecule has 0 bridgehead atoms. The van der Waals surface area contributed by atoms with Gasteiger partial charge in [-0.3, -0.25) is 4.90 Å². The van der Waals surface area contributed by atoms with E-state index in [1.807, 2.05) is 11.8 Å². The van der Waals surface area contributed by atoms with Gasteiger partial charge in [-0.25, -0.2) is 0 Å². The van der Waals surface area contributed by atoms with Crippen LogP contribution in [0.4, 0.5) is 0 Å². The molecule has 0 saturated carbocycles. The number of piperazine rings is 1. The molecule has 0 unspecified atom stereocenters. The van der Waals surface area contributed by atoms with Gasteiger partial charge in [-0.2, -0.15) is 0 Å². The van der Waals surface area contributed by atoms with Gasteiger partial charge in [0.2, 0.25) is 0 Å². The summed E-state index contributed by atoms with van der Waals surface area (Å²) in [5.74, 6) is 0. The summed E-state index contributed by atoms with van der Waals surface area (Å²) in [6.07, 6.45) is 4.28. The van der Waals surface area contributed by atoms with Crippen LogP contribution in [0.25, 0.3) is 0 Å². The fraction of sp³-hybridized carbons (Fsp3) is 0.579. The zero-order valence-corrected chi connectivity index (χ0v) is 17.5. The monoisotopic (exact) mass is 390 g/mol. The lowest BCUT2D eigenvalue weighted by Crippen LogP contribution is -2.45. The molecule has 0 amide bonds. The van der Waals surface area contributed by atoms with E-state index in [2.05, 4.69) is 67.9 Å². The number of thioether (sulfide) groups is 1. The Morgan fingerprint density at radius 3 is 2.42 bits per heavy atom. The van der Waals surface area contributed by atoms with Crippen LogP contribution in [0, 0.1) is 0 Å². The van der Waals surface area contributed by atoms with E-state index in [0.717, 1.165) is 39.0 Å². The van der Waals surface area contributed by atoms with Gasteiger partial charge in [-0.1, -0.05) is 45.0 Å². The molecule has 0 aliphatic carbocycles. The van der Waals surface area contributed by atoms with Crippen LogP contribution >= 0.6 is 36.6 Å². The quantitative estimate of drug-likeness (QED) is 0.521. The molecule has 0 radical (unpaired) electrons. The van der Waals surface area contributed by atoms with Crippen molar-refractivity contribution in [2.24, 2.45) is 0 Å². The van der Waals surface area contributed by atoms with Gasteiger partial charge in [0.15, 0.2) is 0 Å². The molecule has 0 spiro atoms. The smallest absolute Gasteiger partial charge is 0.0363 e. The maximum absolute atomic E-state index is 3.92. The maximum atomic E-state index is 3.92. The van der Waals surface area contributed by atoms with Crippen molar-refractivity contribution in [3.63, 3.8) is 0 Å². The lowest BCUT2D eigenvalue weighted by atomic mass is 9.99. The fourth-order valence-electron chi connectivity index (χ4n) is 2.98. The molecule has 1 aromatic carbocycles. The highest BCUT2D eigenvalue weighted by atomic mass is 35.5. The van der Waals surface area contributed by atoms with Crippen LogP contribution < -0.4 is 5.32 Å². The standard InChI is InChI=1S/C19H30N2S.2ClH/c1-5-6-10-17(21-14-12-20-13-15-21)16-9-7-8-11-18(16)22-19(2,3)4;;/h5,7-9,11,17,20H,1,6,10,12-15H2,2-4H3;2*1H/t17-;;/m0../s1. The van der Waals surface area contributed by atoms with E-state index in [-0.39, 0.29) is 29.6 Å². The molecule has 1 N–H and O–H groups in total. The van der Waals surface area contributed by atoms with Gasteiger partial charge in [0.1, 0.15) is 0 Å². The number of rotatable bonds is 6. The molecule has 1 aromatic rings. The Kier molecular flexibility index (Phi) is 11.3. The normalized spacial score (nSPS) is 16.6. The summed E-state index contributed by atoms with van der Waals surface area (Å²) in [5.41, 5.74) is 1.49. The highest BCUT2D eigenvalue weighted by Gasteiger charge is 2.25. The predicted molar refractivity (Wildman–Crippen MR) is 113 cm³/mol. The minimum absolute atomic E-state index is 0. The molecule has 24 heavy (non-hydrogen) atoms. The molecule has 0 aromatic heterocycles. The number of nitrogens with one attached hydrogen (secondary N) is 1. The summed E-state index contributed by atoms with van der Waals surface area (Å²) in [4.78, 5) is 4.07. The van der Waals surface area contributed by atoms with Crippen molar-refractivity contribution in [2.75, 3.05) is 26.2 Å². The van der Waals surface area contributed by atoms with Crippen molar-refractivity contribution >= 4 is 36.6 Å². The molecule has 5 heteroatoms. The molecule has 138 valence electrons. The molecule has 1 atom stereocenters. The second-order valence-electron chi connectivity index (χ2n) is 6.92. The van der Waals surface area contributed by atoms with Crippen LogP contribution in [-0.2, 0) is 0 Å². The Balaban J connectivity index is 0.00000264. The number of benzene rings is 1. The van der Waals surface area contributed by atoms with Gasteiger partial charge >= 0.3 is 0 Å². The summed E-state index contributed by atoms with van der Waals surface area (Å²) in [6, 6.07) is 9.47. The second-order valence-corrected chi connectivity index (χ2v) is 8.79. The zero-order valence-electron chi connectivity index (χ0n) is 15.1. The summed E-state index contributed by atoms with van der Waals surface area (Å²) in [7, 11) is 0. The summed E-state index contributed by atoms with van der Waals surface area (Å²) in [6.45, 7) is 15.2. The van der Waals surface area contributed by atoms with Crippen LogP contribution in [0.1, 0.15) is 45.2 Å². The van der Waals surface area contributed by atoms with E-state index in [1.54, 1.807) is 0 Å². The Labute approximate surface area is 164 Å². The first kappa shape index (κ1) is 23.8. The van der Waals surface area contributed by atoms with Gasteiger partial charge in [0.05, 0.1) is 0 Å². The average Bonchev–Trinajstić information content (AvgIpc) is 2.49. The number of hydrogen-bond acceptors (Lipinski definition) is 3. The average molecular weight is 391 g/mol. The third-order valence-corrected chi connectivity index (χ3v) is 5.13. The lowest BCUT2D eigenvalue weighted by molar-refractivity contribution is 0.164. The van der Waals surface area contributed by atoms with Gasteiger partial charge in [0.25, 0.3) is 0 Å². The Morgan fingerprint density at radius 2 is 1.83 bits per heavy atom. The lowest BCUT2D eigenvalue weighted by Gasteiger charge is -2.36. The SMILES string of the molecule is C=CCC[C@@H](c1ccccc1SC(C)(C)C)N1CCNCC1.Cl.Cl. The van der Waals surface area contributed by atoms with Crippen molar-refractivity contribution in [1.29, 1.82) is 0 Å². The molecule has 1 aliphatic heterocycles. The molecule has 1 aliphatic rings. The van der Waals surface area contributed by atoms with E-state index < -0.39 is 0 Å². The third-order valence-electron chi connectivity index (χ3n) is 3.93. The number of allylic oxidation sites excluding steroid dienone is 1. The van der Waals surface area contributed by atoms with Crippen molar-refractivity contribution < 1.29 is 0 Å². The molecular weight excluding hydrogens is 359 g/mol. The van der Waals surface area contributed by atoms with Crippen LogP contribution in [0.5, 0.6) is 0 Å². The van der Waals surface area contributed by atoms with E-state index in [4.69, 9.17) is 0 Å². The van der Waals surface area contributed by atoms with Gasteiger partial charge < -0.3 is 5.32 Å². The third kappa shape index (κ3) is 7.37. The molecular formula is C19H32Cl2N2S. The first-order valence-corrected chi connectivity index (χ1v) is 9.16. The van der Waals surface area contributed by atoms with E-state index in [1.165, 1.54) is 10.5 Å². The van der Waals surface area contributed by atoms with Crippen LogP contribution in [0.3, 0.4) is 0 Å². The van der Waals surface area contributed by atoms with Crippen LogP contribution in [-0.4, -0.2) is 35.8 Å². The topological polar surface area (TPSA) is 15.3 Å². The first-order valence-electron chi connectivity index (χ1n) is 8.35. The van der Waals surface area contributed by atoms with Crippen LogP contribution in [0.15, 0.2) is 41.8 Å². The molecule has 2 nitrogen and oxygen atoms in total. The maximum Gasteiger partial charge on any atom is 0.0363 e. The second kappa shape index (κ2) is 11.4. The molecule has 1 fully saturated rings. The minimum Gasteiger partial charge on any atom is -0.314 e. The highest BCUT2D eigenvalue weighted by Crippen LogP contribution is 2.39. The molecule has 2 rings (SSSR count). The fourth-order valence-corrected chi connectivity index (χ4v) is 4.11. The number of hydrogen-bond donors (Lipinski definition) is 1. The summed E-state index contributed by atoms with van der Waals surface area (Å²) < 4.78 is 0.239. The highest BCUT2D eigenvalue weighted by molar-refractivity contribution is 8.00. The Bertz CT molecular complexity index is 483. The van der Waals surface area contributed by atoms with Gasteiger partial charge in [0, 0.05) is 41.9 Å². The largest absolute Gasteiger partial charge is 0.314 e. The van der Waals surface area contributed by atoms with Gasteiger partial charge in [-0.15, -0.1) is 43.2 Å². The van der Waals surface area contributed by atoms with Crippen molar-refractivity contribution in [2.45, 2.75) is 49.3 Å². The van der Waals surface area contributed by atoms with Gasteiger partial charge in [-0.05, 0) is 24.5 Å². The summed E-state index contributed by atoms with van der Waals surface area (Å²) in [5, 5.41) is 3.46. The predicted octanol–water partition coefficient (Wildman–Crippen LogP) is 5.33. The number of halogens is 2. The summed E-state index contributed by atoms with van der Waals surface area (Å²) >= 11 is 1.99. The van der Waals surface area contributed by atoms with E-state index >= 15 is 0 Å². The van der Waals surface area contributed by atoms with Crippen LogP contribution in [0.2, 0.25) is 0 Å². The molecule has 1 heterocycles. The van der Waals surface area contributed by atoms with Crippen molar-refractivity contribution in [1.82, 2.24) is 10.2 Å². The number of nitrogens with zero attached hydrogens (tertiary/aromatic N) is 1. The molecule has 1 saturated heterocycles.